The van der Waals surface area contributed by atoms with Crippen molar-refractivity contribution < 1.29 is 27.6 Å². The van der Waals surface area contributed by atoms with Crippen molar-refractivity contribution in [2.45, 2.75) is 9.79 Å². The SMILES string of the molecule is COc1cc(OC)cc(OCCS2=NS(=O)(=O)c3cc([N+](=O)[O-])ccc32)c1. The lowest BCUT2D eigenvalue weighted by atomic mass is 10.3. The van der Waals surface area contributed by atoms with Crippen LogP contribution in [0.2, 0.25) is 0 Å². The molecule has 3 rings (SSSR count). The number of benzene rings is 2. The summed E-state index contributed by atoms with van der Waals surface area (Å²) in [6.45, 7) is 0.203. The molecule has 0 N–H and O–H groups in total. The number of rotatable bonds is 7. The largest absolute Gasteiger partial charge is 0.496 e. The Hall–Kier alpha value is -2.66. The van der Waals surface area contributed by atoms with E-state index in [9.17, 15) is 18.5 Å². The molecular formula is C16H16N2O7S2. The molecule has 2 aromatic carbocycles. The third-order valence-electron chi connectivity index (χ3n) is 3.73. The van der Waals surface area contributed by atoms with Crippen LogP contribution in [0.25, 0.3) is 0 Å². The highest BCUT2D eigenvalue weighted by molar-refractivity contribution is 8.02. The standard InChI is InChI=1S/C16H16N2O7S2/c1-23-12-8-13(24-2)10-14(9-12)25-5-6-26-15-4-3-11(18(19)20)7-16(15)27(21,22)17-26/h3-4,7-10H,5-6H2,1-2H3. The molecule has 0 saturated carbocycles. The van der Waals surface area contributed by atoms with Crippen molar-refractivity contribution in [2.75, 3.05) is 26.6 Å². The van der Waals surface area contributed by atoms with E-state index >= 15 is 0 Å². The number of sulfonamides is 1. The van der Waals surface area contributed by atoms with Gasteiger partial charge in [0.1, 0.15) is 22.1 Å². The van der Waals surface area contributed by atoms with Crippen LogP contribution in [0.4, 0.5) is 5.69 Å². The van der Waals surface area contributed by atoms with Crippen LogP contribution >= 0.6 is 0 Å². The zero-order chi connectivity index (χ0) is 19.6. The number of non-ortho nitro benzene ring substituents is 1. The van der Waals surface area contributed by atoms with Crippen LogP contribution in [0, 0.1) is 10.1 Å². The Morgan fingerprint density at radius 2 is 1.70 bits per heavy atom. The third kappa shape index (κ3) is 4.03. The summed E-state index contributed by atoms with van der Waals surface area (Å²) in [6.07, 6.45) is 0. The maximum atomic E-state index is 12.2. The van der Waals surface area contributed by atoms with Gasteiger partial charge in [-0.1, -0.05) is 0 Å². The Bertz CT molecular complexity index is 1010. The van der Waals surface area contributed by atoms with E-state index in [1.807, 2.05) is 0 Å². The number of nitrogens with zero attached hydrogens (tertiary/aromatic N) is 2. The highest BCUT2D eigenvalue weighted by Crippen LogP contribution is 2.33. The fraction of sp³-hybridized carbons (Fsp3) is 0.250. The second kappa shape index (κ2) is 7.53. The molecule has 1 heterocycles. The molecule has 1 aliphatic rings. The monoisotopic (exact) mass is 412 g/mol. The molecule has 144 valence electrons. The van der Waals surface area contributed by atoms with Crippen molar-refractivity contribution in [3.63, 3.8) is 0 Å². The van der Waals surface area contributed by atoms with Gasteiger partial charge >= 0.3 is 0 Å². The first-order valence-corrected chi connectivity index (χ1v) is 10.5. The first-order valence-electron chi connectivity index (χ1n) is 7.67. The summed E-state index contributed by atoms with van der Waals surface area (Å²) >= 11 is 0. The zero-order valence-corrected chi connectivity index (χ0v) is 16.1. The van der Waals surface area contributed by atoms with Gasteiger partial charge < -0.3 is 14.2 Å². The van der Waals surface area contributed by atoms with Crippen molar-refractivity contribution in [3.8, 4) is 17.2 Å². The molecule has 11 heteroatoms. The van der Waals surface area contributed by atoms with Crippen LogP contribution in [0.1, 0.15) is 0 Å². The third-order valence-corrected chi connectivity index (χ3v) is 7.67. The van der Waals surface area contributed by atoms with Crippen LogP contribution < -0.4 is 14.2 Å². The van der Waals surface area contributed by atoms with Crippen LogP contribution in [-0.2, 0) is 20.7 Å². The average Bonchev–Trinajstić information content (AvgIpc) is 2.91. The number of hydrogen-bond acceptors (Lipinski definition) is 7. The van der Waals surface area contributed by atoms with E-state index < -0.39 is 25.6 Å². The second-order valence-electron chi connectivity index (χ2n) is 5.40. The topological polar surface area (TPSA) is 117 Å². The normalized spacial score (nSPS) is 16.9. The maximum absolute atomic E-state index is 12.2. The quantitative estimate of drug-likeness (QED) is 0.506. The Balaban J connectivity index is 1.76. The average molecular weight is 412 g/mol. The first-order chi connectivity index (χ1) is 12.8. The van der Waals surface area contributed by atoms with E-state index in [0.29, 0.717) is 27.9 Å². The molecule has 1 aliphatic heterocycles. The number of nitro groups is 1. The van der Waals surface area contributed by atoms with Crippen LogP contribution in [0.5, 0.6) is 17.2 Å². The fourth-order valence-corrected chi connectivity index (χ4v) is 6.52. The number of hydrogen-bond donors (Lipinski definition) is 0. The molecule has 0 spiro atoms. The van der Waals surface area contributed by atoms with Gasteiger partial charge in [-0.3, -0.25) is 10.1 Å². The Morgan fingerprint density at radius 1 is 1.07 bits per heavy atom. The maximum Gasteiger partial charge on any atom is 0.289 e. The number of ether oxygens (including phenoxy) is 3. The summed E-state index contributed by atoms with van der Waals surface area (Å²) in [4.78, 5) is 10.6. The van der Waals surface area contributed by atoms with E-state index in [4.69, 9.17) is 14.2 Å². The lowest BCUT2D eigenvalue weighted by molar-refractivity contribution is -0.385. The molecule has 0 amide bonds. The minimum Gasteiger partial charge on any atom is -0.496 e. The molecule has 0 saturated heterocycles. The lowest BCUT2D eigenvalue weighted by Gasteiger charge is -2.10. The van der Waals surface area contributed by atoms with Gasteiger partial charge in [-0.25, -0.2) is 0 Å². The minimum absolute atomic E-state index is 0.108. The Morgan fingerprint density at radius 3 is 2.30 bits per heavy atom. The lowest BCUT2D eigenvalue weighted by Crippen LogP contribution is -2.08. The van der Waals surface area contributed by atoms with Crippen LogP contribution in [0.3, 0.4) is 0 Å². The summed E-state index contributed by atoms with van der Waals surface area (Å²) in [5.74, 6) is 1.97. The van der Waals surface area contributed by atoms with Gasteiger partial charge in [0.05, 0.1) is 25.7 Å². The van der Waals surface area contributed by atoms with E-state index in [1.54, 1.807) is 18.2 Å². The molecule has 0 fully saturated rings. The Labute approximate surface area is 158 Å². The first kappa shape index (κ1) is 19.1. The smallest absolute Gasteiger partial charge is 0.289 e. The van der Waals surface area contributed by atoms with Gasteiger partial charge in [0, 0.05) is 41.0 Å². The van der Waals surface area contributed by atoms with Crippen molar-refractivity contribution in [1.29, 1.82) is 0 Å². The van der Waals surface area contributed by atoms with Crippen molar-refractivity contribution in [1.82, 2.24) is 0 Å². The molecule has 2 aromatic rings. The van der Waals surface area contributed by atoms with Crippen LogP contribution in [-0.4, -0.2) is 39.9 Å². The van der Waals surface area contributed by atoms with E-state index in [1.165, 1.54) is 26.4 Å². The fourth-order valence-electron chi connectivity index (χ4n) is 2.46. The van der Waals surface area contributed by atoms with Crippen molar-refractivity contribution in [2.24, 2.45) is 3.77 Å². The highest BCUT2D eigenvalue weighted by atomic mass is 32.3. The molecule has 0 aromatic heterocycles. The molecule has 0 aliphatic carbocycles. The number of fused-ring (bicyclic) bond motifs is 1. The molecule has 27 heavy (non-hydrogen) atoms. The summed E-state index contributed by atoms with van der Waals surface area (Å²) in [5.41, 5.74) is -0.280. The van der Waals surface area contributed by atoms with Gasteiger partial charge in [0.15, 0.2) is 0 Å². The van der Waals surface area contributed by atoms with Gasteiger partial charge in [0.2, 0.25) is 0 Å². The van der Waals surface area contributed by atoms with Crippen molar-refractivity contribution >= 4 is 26.4 Å². The summed E-state index contributed by atoms with van der Waals surface area (Å²) < 4.78 is 44.2. The summed E-state index contributed by atoms with van der Waals surface area (Å²) in [5, 5.41) is 10.9. The molecular weight excluding hydrogens is 396 g/mol. The summed E-state index contributed by atoms with van der Waals surface area (Å²) in [6, 6.07) is 8.85. The van der Waals surface area contributed by atoms with Gasteiger partial charge in [-0.2, -0.15) is 8.42 Å². The van der Waals surface area contributed by atoms with Crippen LogP contribution in [0.15, 0.2) is 50.0 Å². The summed E-state index contributed by atoms with van der Waals surface area (Å²) in [7, 11) is -1.79. The minimum atomic E-state index is -3.89. The highest BCUT2D eigenvalue weighted by Gasteiger charge is 2.30. The predicted octanol–water partition coefficient (Wildman–Crippen LogP) is 2.55. The van der Waals surface area contributed by atoms with E-state index in [0.717, 1.165) is 6.07 Å². The van der Waals surface area contributed by atoms with E-state index in [2.05, 4.69) is 3.77 Å². The second-order valence-corrected chi connectivity index (χ2v) is 8.97. The van der Waals surface area contributed by atoms with Gasteiger partial charge in [-0.05, 0) is 16.8 Å². The predicted molar refractivity (Wildman–Crippen MR) is 98.2 cm³/mol. The molecule has 0 bridgehead atoms. The van der Waals surface area contributed by atoms with Gasteiger partial charge in [-0.15, -0.1) is 3.77 Å². The molecule has 9 nitrogen and oxygen atoms in total. The van der Waals surface area contributed by atoms with E-state index in [-0.39, 0.29) is 17.2 Å². The van der Waals surface area contributed by atoms with Crippen molar-refractivity contribution in [3.05, 3.63) is 46.5 Å². The molecule has 1 atom stereocenters. The zero-order valence-electron chi connectivity index (χ0n) is 14.4. The molecule has 0 radical (unpaired) electrons. The number of methoxy groups -OCH3 is 2. The van der Waals surface area contributed by atoms with Gasteiger partial charge in [0.25, 0.3) is 15.7 Å². The Kier molecular flexibility index (Phi) is 5.33. The molecule has 1 unspecified atom stereocenters. The number of nitro benzene ring substituents is 1.